The van der Waals surface area contributed by atoms with Crippen molar-refractivity contribution in [2.24, 2.45) is 0 Å². The van der Waals surface area contributed by atoms with Gasteiger partial charge >= 0.3 is 5.97 Å². The summed E-state index contributed by atoms with van der Waals surface area (Å²) >= 11 is 5.71. The summed E-state index contributed by atoms with van der Waals surface area (Å²) in [6.45, 7) is 4.64. The molecule has 1 heterocycles. The molecule has 0 saturated heterocycles. The number of halogens is 1. The molecule has 0 atom stereocenters. The van der Waals surface area contributed by atoms with Crippen LogP contribution in [0.5, 0.6) is 0 Å². The highest BCUT2D eigenvalue weighted by atomic mass is 35.5. The number of rotatable bonds is 7. The Morgan fingerprint density at radius 2 is 1.74 bits per heavy atom. The van der Waals surface area contributed by atoms with Gasteiger partial charge in [-0.05, 0) is 50.2 Å². The lowest BCUT2D eigenvalue weighted by Crippen LogP contribution is -2.30. The molecule has 2 amide bonds. The van der Waals surface area contributed by atoms with Crippen LogP contribution in [-0.4, -0.2) is 47.4 Å². The number of carbonyl (C=O) groups excluding carboxylic acids is 3. The molecule has 0 saturated carbocycles. The van der Waals surface area contributed by atoms with Crippen LogP contribution >= 0.6 is 11.6 Å². The molecule has 142 valence electrons. The third-order valence-electron chi connectivity index (χ3n) is 3.76. The smallest absolute Gasteiger partial charge is 0.338 e. The second-order valence-corrected chi connectivity index (χ2v) is 5.93. The highest BCUT2D eigenvalue weighted by molar-refractivity contribution is 6.29. The van der Waals surface area contributed by atoms with Crippen molar-refractivity contribution in [2.75, 3.05) is 25.0 Å². The molecular formula is C19H20ClN3O4. The summed E-state index contributed by atoms with van der Waals surface area (Å²) in [7, 11) is 0. The average Bonchev–Trinajstić information content (AvgIpc) is 2.67. The van der Waals surface area contributed by atoms with Crippen molar-refractivity contribution in [3.63, 3.8) is 0 Å². The Balaban J connectivity index is 1.88. The number of hydrogen-bond donors (Lipinski definition) is 1. The predicted octanol–water partition coefficient (Wildman–Crippen LogP) is 3.01. The van der Waals surface area contributed by atoms with Gasteiger partial charge in [0.05, 0.1) is 5.56 Å². The first kappa shape index (κ1) is 20.4. The van der Waals surface area contributed by atoms with E-state index < -0.39 is 18.5 Å². The fourth-order valence-electron chi connectivity index (χ4n) is 2.33. The molecule has 0 aliphatic carbocycles. The number of ether oxygens (including phenoxy) is 1. The van der Waals surface area contributed by atoms with E-state index in [1.54, 1.807) is 29.2 Å². The predicted molar refractivity (Wildman–Crippen MR) is 102 cm³/mol. The number of amides is 2. The molecule has 1 aromatic carbocycles. The Kier molecular flexibility index (Phi) is 7.31. The summed E-state index contributed by atoms with van der Waals surface area (Å²) in [5, 5.41) is 2.76. The molecular weight excluding hydrogens is 370 g/mol. The van der Waals surface area contributed by atoms with Crippen LogP contribution < -0.4 is 5.32 Å². The Bertz CT molecular complexity index is 820. The van der Waals surface area contributed by atoms with Gasteiger partial charge in [0.1, 0.15) is 5.15 Å². The van der Waals surface area contributed by atoms with Crippen LogP contribution in [-0.2, 0) is 9.53 Å². The zero-order valence-corrected chi connectivity index (χ0v) is 15.8. The minimum absolute atomic E-state index is 0.0668. The van der Waals surface area contributed by atoms with Crippen molar-refractivity contribution in [3.8, 4) is 0 Å². The highest BCUT2D eigenvalue weighted by Crippen LogP contribution is 2.12. The number of hydrogen-bond acceptors (Lipinski definition) is 5. The summed E-state index contributed by atoms with van der Waals surface area (Å²) in [5.41, 5.74) is 1.25. The zero-order valence-electron chi connectivity index (χ0n) is 15.1. The summed E-state index contributed by atoms with van der Waals surface area (Å²) in [5.74, 6) is -1.23. The van der Waals surface area contributed by atoms with Gasteiger partial charge < -0.3 is 15.0 Å². The third-order valence-corrected chi connectivity index (χ3v) is 3.97. The molecule has 1 N–H and O–H groups in total. The summed E-state index contributed by atoms with van der Waals surface area (Å²) < 4.78 is 4.94. The summed E-state index contributed by atoms with van der Waals surface area (Å²) in [4.78, 5) is 41.5. The van der Waals surface area contributed by atoms with E-state index in [0.29, 0.717) is 24.3 Å². The Labute approximate surface area is 162 Å². The molecule has 2 aromatic rings. The van der Waals surface area contributed by atoms with Crippen LogP contribution in [0.4, 0.5) is 5.69 Å². The Morgan fingerprint density at radius 3 is 2.33 bits per heavy atom. The van der Waals surface area contributed by atoms with Gasteiger partial charge in [-0.1, -0.05) is 11.6 Å². The number of carbonyl (C=O) groups is 3. The molecule has 0 fully saturated rings. The lowest BCUT2D eigenvalue weighted by molar-refractivity contribution is -0.119. The molecule has 8 heteroatoms. The minimum Gasteiger partial charge on any atom is -0.452 e. The quantitative estimate of drug-likeness (QED) is 0.580. The molecule has 0 bridgehead atoms. The maximum atomic E-state index is 12.2. The fourth-order valence-corrected chi connectivity index (χ4v) is 2.50. The maximum absolute atomic E-state index is 12.2. The van der Waals surface area contributed by atoms with Crippen LogP contribution in [0.25, 0.3) is 0 Å². The van der Waals surface area contributed by atoms with E-state index in [9.17, 15) is 14.4 Å². The Hall–Kier alpha value is -2.93. The van der Waals surface area contributed by atoms with E-state index in [4.69, 9.17) is 16.3 Å². The van der Waals surface area contributed by atoms with Gasteiger partial charge in [-0.25, -0.2) is 9.78 Å². The Morgan fingerprint density at radius 1 is 1.07 bits per heavy atom. The zero-order chi connectivity index (χ0) is 19.8. The van der Waals surface area contributed by atoms with Gasteiger partial charge in [-0.15, -0.1) is 0 Å². The van der Waals surface area contributed by atoms with Gasteiger partial charge in [-0.3, -0.25) is 9.59 Å². The summed E-state index contributed by atoms with van der Waals surface area (Å²) in [6, 6.07) is 9.33. The second-order valence-electron chi connectivity index (χ2n) is 5.55. The van der Waals surface area contributed by atoms with E-state index in [0.717, 1.165) is 0 Å². The van der Waals surface area contributed by atoms with Gasteiger partial charge in [-0.2, -0.15) is 0 Å². The van der Waals surface area contributed by atoms with E-state index in [1.807, 2.05) is 13.8 Å². The molecule has 0 aliphatic rings. The highest BCUT2D eigenvalue weighted by Gasteiger charge is 2.13. The SMILES string of the molecule is CCN(CC)C(=O)c1ccc(NC(=O)COC(=O)c2ccnc(Cl)c2)cc1. The molecule has 0 unspecified atom stereocenters. The molecule has 1 aromatic heterocycles. The number of pyridine rings is 1. The lowest BCUT2D eigenvalue weighted by Gasteiger charge is -2.18. The molecule has 0 spiro atoms. The number of anilines is 1. The van der Waals surface area contributed by atoms with Crippen molar-refractivity contribution in [3.05, 3.63) is 58.9 Å². The van der Waals surface area contributed by atoms with Crippen LogP contribution in [0.15, 0.2) is 42.6 Å². The number of esters is 1. The van der Waals surface area contributed by atoms with Crippen LogP contribution in [0, 0.1) is 0 Å². The van der Waals surface area contributed by atoms with Crippen molar-refractivity contribution in [1.82, 2.24) is 9.88 Å². The lowest BCUT2D eigenvalue weighted by atomic mass is 10.2. The van der Waals surface area contributed by atoms with E-state index in [1.165, 1.54) is 18.3 Å². The van der Waals surface area contributed by atoms with Gasteiger partial charge in [0.15, 0.2) is 6.61 Å². The van der Waals surface area contributed by atoms with E-state index in [2.05, 4.69) is 10.3 Å². The maximum Gasteiger partial charge on any atom is 0.338 e. The van der Waals surface area contributed by atoms with Gasteiger partial charge in [0.25, 0.3) is 11.8 Å². The van der Waals surface area contributed by atoms with Crippen LogP contribution in [0.2, 0.25) is 5.15 Å². The largest absolute Gasteiger partial charge is 0.452 e. The van der Waals surface area contributed by atoms with Crippen LogP contribution in [0.1, 0.15) is 34.6 Å². The van der Waals surface area contributed by atoms with Crippen molar-refractivity contribution in [1.29, 1.82) is 0 Å². The first-order valence-electron chi connectivity index (χ1n) is 8.42. The second kappa shape index (κ2) is 9.68. The van der Waals surface area contributed by atoms with Gasteiger partial charge in [0.2, 0.25) is 0 Å². The molecule has 0 radical (unpaired) electrons. The monoisotopic (exact) mass is 389 g/mol. The van der Waals surface area contributed by atoms with Crippen molar-refractivity contribution >= 4 is 35.1 Å². The third kappa shape index (κ3) is 5.79. The topological polar surface area (TPSA) is 88.6 Å². The standard InChI is InChI=1S/C19H20ClN3O4/c1-3-23(4-2)18(25)13-5-7-15(8-6-13)22-17(24)12-27-19(26)14-9-10-21-16(20)11-14/h5-11H,3-4,12H2,1-2H3,(H,22,24). The van der Waals surface area contributed by atoms with Crippen molar-refractivity contribution in [2.45, 2.75) is 13.8 Å². The average molecular weight is 390 g/mol. The number of aromatic nitrogens is 1. The number of nitrogens with one attached hydrogen (secondary N) is 1. The first-order chi connectivity index (χ1) is 12.9. The molecule has 0 aliphatic heterocycles. The first-order valence-corrected chi connectivity index (χ1v) is 8.80. The minimum atomic E-state index is -0.672. The van der Waals surface area contributed by atoms with Gasteiger partial charge in [0, 0.05) is 30.5 Å². The summed E-state index contributed by atoms with van der Waals surface area (Å²) in [6.07, 6.45) is 1.38. The number of nitrogens with zero attached hydrogens (tertiary/aromatic N) is 2. The van der Waals surface area contributed by atoms with Crippen LogP contribution in [0.3, 0.4) is 0 Å². The van der Waals surface area contributed by atoms with E-state index in [-0.39, 0.29) is 16.6 Å². The van der Waals surface area contributed by atoms with E-state index >= 15 is 0 Å². The van der Waals surface area contributed by atoms with Crippen molar-refractivity contribution < 1.29 is 19.1 Å². The fraction of sp³-hybridized carbons (Fsp3) is 0.263. The molecule has 2 rings (SSSR count). The number of benzene rings is 1. The molecule has 7 nitrogen and oxygen atoms in total. The molecule has 27 heavy (non-hydrogen) atoms. The normalized spacial score (nSPS) is 10.2.